The molecule has 0 spiro atoms. The average Bonchev–Trinajstić information content (AvgIpc) is 2.41. The Hall–Kier alpha value is -0.940. The number of morpholine rings is 1. The summed E-state index contributed by atoms with van der Waals surface area (Å²) in [5.41, 5.74) is 6.63. The molecule has 1 saturated heterocycles. The summed E-state index contributed by atoms with van der Waals surface area (Å²) in [5.74, 6) is 0. The lowest BCUT2D eigenvalue weighted by Crippen LogP contribution is -2.62. The molecule has 0 amide bonds. The Labute approximate surface area is 102 Å². The molecule has 0 aromatic heterocycles. The molecule has 1 aliphatic rings. The van der Waals surface area contributed by atoms with E-state index in [2.05, 4.69) is 17.0 Å². The first-order chi connectivity index (χ1) is 8.30. The molecule has 0 bridgehead atoms. The van der Waals surface area contributed by atoms with E-state index in [1.165, 1.54) is 5.56 Å². The van der Waals surface area contributed by atoms with Gasteiger partial charge in [0.15, 0.2) is 0 Å². The van der Waals surface area contributed by atoms with E-state index < -0.39 is 5.54 Å². The van der Waals surface area contributed by atoms with Crippen molar-refractivity contribution < 1.29 is 9.84 Å². The van der Waals surface area contributed by atoms with Crippen molar-refractivity contribution in [3.05, 3.63) is 35.9 Å². The van der Waals surface area contributed by atoms with Crippen molar-refractivity contribution in [3.63, 3.8) is 0 Å². The van der Waals surface area contributed by atoms with Gasteiger partial charge in [-0.15, -0.1) is 0 Å². The van der Waals surface area contributed by atoms with E-state index in [4.69, 9.17) is 10.5 Å². The summed E-state index contributed by atoms with van der Waals surface area (Å²) < 4.78 is 5.45. The van der Waals surface area contributed by atoms with E-state index in [9.17, 15) is 5.11 Å². The molecule has 0 radical (unpaired) electrons. The van der Waals surface area contributed by atoms with Gasteiger partial charge in [-0.05, 0) is 5.56 Å². The number of aliphatic hydroxyl groups is 1. The van der Waals surface area contributed by atoms with Crippen LogP contribution in [0.2, 0.25) is 0 Å². The van der Waals surface area contributed by atoms with Crippen LogP contribution in [0.3, 0.4) is 0 Å². The number of rotatable bonds is 4. The number of hydrogen-bond donors (Lipinski definition) is 2. The largest absolute Gasteiger partial charge is 0.394 e. The van der Waals surface area contributed by atoms with Gasteiger partial charge in [0.25, 0.3) is 0 Å². The van der Waals surface area contributed by atoms with Crippen LogP contribution in [-0.4, -0.2) is 48.5 Å². The Bertz CT molecular complexity index is 339. The fourth-order valence-corrected chi connectivity index (χ4v) is 2.21. The maximum Gasteiger partial charge on any atom is 0.0803 e. The van der Waals surface area contributed by atoms with E-state index >= 15 is 0 Å². The summed E-state index contributed by atoms with van der Waals surface area (Å²) in [6, 6.07) is 10.2. The second kappa shape index (κ2) is 5.60. The number of benzene rings is 1. The van der Waals surface area contributed by atoms with Gasteiger partial charge in [-0.2, -0.15) is 0 Å². The van der Waals surface area contributed by atoms with Gasteiger partial charge in [0.2, 0.25) is 0 Å². The van der Waals surface area contributed by atoms with E-state index in [1.54, 1.807) is 0 Å². The Morgan fingerprint density at radius 2 is 2.12 bits per heavy atom. The predicted molar refractivity (Wildman–Crippen MR) is 66.5 cm³/mol. The minimum atomic E-state index is -0.423. The second-order valence-corrected chi connectivity index (χ2v) is 4.55. The van der Waals surface area contributed by atoms with E-state index in [0.717, 1.165) is 13.1 Å². The van der Waals surface area contributed by atoms with Gasteiger partial charge in [0.05, 0.1) is 25.4 Å². The summed E-state index contributed by atoms with van der Waals surface area (Å²) in [6.07, 6.45) is 0. The fraction of sp³-hybridized carbons (Fsp3) is 0.538. The van der Waals surface area contributed by atoms with Gasteiger partial charge in [0.1, 0.15) is 0 Å². The first kappa shape index (κ1) is 12.5. The quantitative estimate of drug-likeness (QED) is 0.784. The molecule has 4 heteroatoms. The summed E-state index contributed by atoms with van der Waals surface area (Å²) in [4.78, 5) is 2.23. The Morgan fingerprint density at radius 1 is 1.35 bits per heavy atom. The highest BCUT2D eigenvalue weighted by Crippen LogP contribution is 2.21. The minimum absolute atomic E-state index is 0.0380. The molecular formula is C13H20N2O2. The van der Waals surface area contributed by atoms with E-state index in [1.807, 2.05) is 18.2 Å². The zero-order valence-electron chi connectivity index (χ0n) is 10.0. The Morgan fingerprint density at radius 3 is 2.76 bits per heavy atom. The van der Waals surface area contributed by atoms with Crippen LogP contribution in [0, 0.1) is 0 Å². The molecule has 4 nitrogen and oxygen atoms in total. The molecule has 17 heavy (non-hydrogen) atoms. The monoisotopic (exact) mass is 236 g/mol. The molecule has 1 fully saturated rings. The maximum atomic E-state index is 9.59. The van der Waals surface area contributed by atoms with Crippen LogP contribution >= 0.6 is 0 Å². The lowest BCUT2D eigenvalue weighted by Gasteiger charge is -2.45. The Kier molecular flexibility index (Phi) is 4.12. The summed E-state index contributed by atoms with van der Waals surface area (Å²) in [7, 11) is 0. The van der Waals surface area contributed by atoms with Crippen molar-refractivity contribution in [1.82, 2.24) is 4.90 Å². The third-order valence-electron chi connectivity index (χ3n) is 3.44. The molecule has 1 unspecified atom stereocenters. The zero-order valence-corrected chi connectivity index (χ0v) is 10.0. The highest BCUT2D eigenvalue weighted by atomic mass is 16.5. The van der Waals surface area contributed by atoms with Crippen molar-refractivity contribution in [2.75, 3.05) is 32.9 Å². The zero-order chi connectivity index (χ0) is 12.1. The van der Waals surface area contributed by atoms with Crippen molar-refractivity contribution in [3.8, 4) is 0 Å². The summed E-state index contributed by atoms with van der Waals surface area (Å²) in [6.45, 7) is 3.28. The fourth-order valence-electron chi connectivity index (χ4n) is 2.21. The number of nitrogens with zero attached hydrogens (tertiary/aromatic N) is 1. The van der Waals surface area contributed by atoms with E-state index in [0.29, 0.717) is 19.8 Å². The van der Waals surface area contributed by atoms with Gasteiger partial charge >= 0.3 is 0 Å². The topological polar surface area (TPSA) is 58.7 Å². The maximum absolute atomic E-state index is 9.59. The van der Waals surface area contributed by atoms with Crippen LogP contribution in [0.1, 0.15) is 5.56 Å². The molecule has 94 valence electrons. The molecule has 1 aliphatic heterocycles. The second-order valence-electron chi connectivity index (χ2n) is 4.55. The molecular weight excluding hydrogens is 216 g/mol. The molecule has 1 heterocycles. The van der Waals surface area contributed by atoms with Crippen LogP contribution in [0.25, 0.3) is 0 Å². The third kappa shape index (κ3) is 2.66. The normalized spacial score (nSPS) is 26.0. The highest BCUT2D eigenvalue weighted by Gasteiger charge is 2.37. The van der Waals surface area contributed by atoms with Gasteiger partial charge < -0.3 is 15.6 Å². The summed E-state index contributed by atoms with van der Waals surface area (Å²) >= 11 is 0. The Balaban J connectivity index is 2.12. The molecule has 1 aromatic rings. The van der Waals surface area contributed by atoms with Crippen LogP contribution in [-0.2, 0) is 11.3 Å². The van der Waals surface area contributed by atoms with Gasteiger partial charge in [0, 0.05) is 19.6 Å². The van der Waals surface area contributed by atoms with Crippen LogP contribution in [0.15, 0.2) is 30.3 Å². The number of nitrogens with two attached hydrogens (primary N) is 1. The number of ether oxygens (including phenoxy) is 1. The highest BCUT2D eigenvalue weighted by molar-refractivity contribution is 5.15. The van der Waals surface area contributed by atoms with E-state index in [-0.39, 0.29) is 6.61 Å². The minimum Gasteiger partial charge on any atom is -0.394 e. The third-order valence-corrected chi connectivity index (χ3v) is 3.44. The van der Waals surface area contributed by atoms with Gasteiger partial charge in [-0.25, -0.2) is 0 Å². The average molecular weight is 236 g/mol. The predicted octanol–water partition coefficient (Wildman–Crippen LogP) is 0.209. The standard InChI is InChI=1S/C13H20N2O2/c14-9-13(10-16)11-17-7-6-15(13)8-12-4-2-1-3-5-12/h1-5,16H,6-11,14H2. The summed E-state index contributed by atoms with van der Waals surface area (Å²) in [5, 5.41) is 9.59. The lowest BCUT2D eigenvalue weighted by atomic mass is 9.97. The molecule has 1 aromatic carbocycles. The molecule has 0 aliphatic carbocycles. The number of hydrogen-bond acceptors (Lipinski definition) is 4. The van der Waals surface area contributed by atoms with Crippen LogP contribution < -0.4 is 5.73 Å². The van der Waals surface area contributed by atoms with Gasteiger partial charge in [-0.3, -0.25) is 4.90 Å². The van der Waals surface area contributed by atoms with Crippen LogP contribution in [0.4, 0.5) is 0 Å². The molecule has 0 saturated carbocycles. The van der Waals surface area contributed by atoms with Crippen molar-refractivity contribution >= 4 is 0 Å². The SMILES string of the molecule is NCC1(CO)COCCN1Cc1ccccc1. The molecule has 3 N–H and O–H groups in total. The van der Waals surface area contributed by atoms with Crippen molar-refractivity contribution in [1.29, 1.82) is 0 Å². The first-order valence-corrected chi connectivity index (χ1v) is 5.98. The van der Waals surface area contributed by atoms with Gasteiger partial charge in [-0.1, -0.05) is 30.3 Å². The molecule has 1 atom stereocenters. The molecule has 2 rings (SSSR count). The van der Waals surface area contributed by atoms with Crippen molar-refractivity contribution in [2.24, 2.45) is 5.73 Å². The van der Waals surface area contributed by atoms with Crippen LogP contribution in [0.5, 0.6) is 0 Å². The number of aliphatic hydroxyl groups excluding tert-OH is 1. The van der Waals surface area contributed by atoms with Crippen molar-refractivity contribution in [2.45, 2.75) is 12.1 Å². The lowest BCUT2D eigenvalue weighted by molar-refractivity contribution is -0.0908. The first-order valence-electron chi connectivity index (χ1n) is 5.98. The smallest absolute Gasteiger partial charge is 0.0803 e.